The zero-order chi connectivity index (χ0) is 26.7. The monoisotopic (exact) mass is 544 g/mol. The largest absolute Gasteiger partial charge is 0.494 e. The number of fused-ring (bicyclic) bond motifs is 1. The Kier molecular flexibility index (Phi) is 8.52. The van der Waals surface area contributed by atoms with E-state index in [-0.39, 0.29) is 10.8 Å². The molecule has 0 aliphatic carbocycles. The fraction of sp³-hybridized carbons (Fsp3) is 0.481. The summed E-state index contributed by atoms with van der Waals surface area (Å²) >= 11 is 1.45. The number of aryl methyl sites for hydroxylation is 2. The number of thiazole rings is 1. The third-order valence-electron chi connectivity index (χ3n) is 7.06. The van der Waals surface area contributed by atoms with Gasteiger partial charge in [-0.15, -0.1) is 0 Å². The van der Waals surface area contributed by atoms with Gasteiger partial charge in [-0.3, -0.25) is 9.69 Å². The Morgan fingerprint density at radius 3 is 2.46 bits per heavy atom. The van der Waals surface area contributed by atoms with E-state index in [1.54, 1.807) is 36.3 Å². The summed E-state index contributed by atoms with van der Waals surface area (Å²) in [6.07, 6.45) is 1.12. The average molecular weight is 545 g/mol. The van der Waals surface area contributed by atoms with Crippen molar-refractivity contribution < 1.29 is 17.9 Å². The second-order valence-corrected chi connectivity index (χ2v) is 12.2. The second-order valence-electron chi connectivity index (χ2n) is 9.36. The van der Waals surface area contributed by atoms with E-state index < -0.39 is 16.1 Å². The number of sulfonamides is 1. The number of nitrogens with zero attached hydrogens (tertiary/aromatic N) is 4. The summed E-state index contributed by atoms with van der Waals surface area (Å²) in [4.78, 5) is 23.1. The van der Waals surface area contributed by atoms with Crippen LogP contribution in [0.4, 0.5) is 5.13 Å². The molecule has 1 unspecified atom stereocenters. The molecule has 1 saturated heterocycles. The smallest absolute Gasteiger partial charge is 0.247 e. The van der Waals surface area contributed by atoms with E-state index in [2.05, 4.69) is 18.7 Å². The summed E-state index contributed by atoms with van der Waals surface area (Å²) < 4.78 is 35.0. The first-order chi connectivity index (χ1) is 17.7. The minimum absolute atomic E-state index is 0.216. The van der Waals surface area contributed by atoms with Crippen LogP contribution in [-0.4, -0.2) is 74.4 Å². The van der Waals surface area contributed by atoms with E-state index in [4.69, 9.17) is 9.72 Å². The lowest BCUT2D eigenvalue weighted by Crippen LogP contribution is -2.49. The van der Waals surface area contributed by atoms with Gasteiger partial charge >= 0.3 is 0 Å². The van der Waals surface area contributed by atoms with Crippen LogP contribution >= 0.6 is 11.3 Å². The quantitative estimate of drug-likeness (QED) is 0.375. The van der Waals surface area contributed by atoms with Crippen molar-refractivity contribution in [3.05, 3.63) is 47.5 Å². The molecule has 8 nitrogen and oxygen atoms in total. The second kappa shape index (κ2) is 11.5. The van der Waals surface area contributed by atoms with Crippen molar-refractivity contribution in [1.82, 2.24) is 14.2 Å². The summed E-state index contributed by atoms with van der Waals surface area (Å²) in [6.45, 7) is 11.3. The molecule has 3 aromatic rings. The van der Waals surface area contributed by atoms with Gasteiger partial charge < -0.3 is 9.64 Å². The Labute approximate surface area is 223 Å². The molecule has 1 aromatic heterocycles. The van der Waals surface area contributed by atoms with Gasteiger partial charge in [0, 0.05) is 19.6 Å². The van der Waals surface area contributed by atoms with E-state index in [1.807, 2.05) is 26.0 Å². The molecular weight excluding hydrogens is 508 g/mol. The summed E-state index contributed by atoms with van der Waals surface area (Å²) in [6, 6.07) is 9.91. The lowest BCUT2D eigenvalue weighted by atomic mass is 10.2. The summed E-state index contributed by atoms with van der Waals surface area (Å²) in [5, 5.41) is 0.569. The molecule has 1 fully saturated rings. The van der Waals surface area contributed by atoms with Crippen LogP contribution in [0.5, 0.6) is 5.75 Å². The first-order valence-electron chi connectivity index (χ1n) is 12.8. The highest BCUT2D eigenvalue weighted by atomic mass is 32.2. The molecule has 2 heterocycles. The summed E-state index contributed by atoms with van der Waals surface area (Å²) in [5.74, 6) is 0.430. The number of rotatable bonds is 10. The van der Waals surface area contributed by atoms with Gasteiger partial charge in [0.25, 0.3) is 0 Å². The molecule has 200 valence electrons. The molecule has 4 rings (SSSR count). The molecule has 37 heavy (non-hydrogen) atoms. The first kappa shape index (κ1) is 27.5. The van der Waals surface area contributed by atoms with E-state index >= 15 is 0 Å². The third kappa shape index (κ3) is 5.52. The van der Waals surface area contributed by atoms with E-state index in [1.165, 1.54) is 15.6 Å². The van der Waals surface area contributed by atoms with Crippen LogP contribution in [0, 0.1) is 13.8 Å². The van der Waals surface area contributed by atoms with E-state index in [9.17, 15) is 13.2 Å². The predicted molar refractivity (Wildman–Crippen MR) is 149 cm³/mol. The summed E-state index contributed by atoms with van der Waals surface area (Å²) in [5.41, 5.74) is 2.76. The zero-order valence-electron chi connectivity index (χ0n) is 22.2. The molecule has 0 spiro atoms. The van der Waals surface area contributed by atoms with Crippen LogP contribution in [0.15, 0.2) is 41.3 Å². The van der Waals surface area contributed by atoms with Crippen molar-refractivity contribution in [2.75, 3.05) is 44.7 Å². The van der Waals surface area contributed by atoms with Crippen LogP contribution in [0.2, 0.25) is 0 Å². The number of benzene rings is 2. The number of methoxy groups -OCH3 is 1. The molecule has 2 aromatic carbocycles. The number of likely N-dealkylation sites (N-methyl/N-ethyl adjacent to an activating group) is 1. The maximum absolute atomic E-state index is 14.1. The van der Waals surface area contributed by atoms with Crippen LogP contribution in [0.25, 0.3) is 10.2 Å². The lowest BCUT2D eigenvalue weighted by molar-refractivity contribution is -0.121. The number of carbonyl (C=O) groups is 1. The Morgan fingerprint density at radius 2 is 1.81 bits per heavy atom. The average Bonchev–Trinajstić information content (AvgIpc) is 3.56. The highest BCUT2D eigenvalue weighted by Gasteiger charge is 2.42. The van der Waals surface area contributed by atoms with Gasteiger partial charge in [-0.25, -0.2) is 13.4 Å². The molecule has 1 aliphatic heterocycles. The molecule has 1 atom stereocenters. The Bertz CT molecular complexity index is 1350. The fourth-order valence-corrected chi connectivity index (χ4v) is 7.49. The van der Waals surface area contributed by atoms with Crippen molar-refractivity contribution >= 4 is 42.6 Å². The number of aromatic nitrogens is 1. The maximum atomic E-state index is 14.1. The van der Waals surface area contributed by atoms with Gasteiger partial charge in [0.2, 0.25) is 15.9 Å². The Hall–Kier alpha value is -2.53. The number of hydrogen-bond acceptors (Lipinski definition) is 7. The van der Waals surface area contributed by atoms with Crippen molar-refractivity contribution in [3.63, 3.8) is 0 Å². The number of anilines is 1. The van der Waals surface area contributed by atoms with Crippen LogP contribution in [0.3, 0.4) is 0 Å². The van der Waals surface area contributed by atoms with Gasteiger partial charge in [0.15, 0.2) is 5.13 Å². The van der Waals surface area contributed by atoms with E-state index in [0.717, 1.165) is 34.4 Å². The van der Waals surface area contributed by atoms with Crippen LogP contribution in [0.1, 0.15) is 37.8 Å². The SMILES string of the molecule is CCN(CC)CCN(C(=O)C1CCCN1S(=O)(=O)c1ccc(C)cc1)c1nc2c(OC)ccc(C)c2s1. The zero-order valence-corrected chi connectivity index (χ0v) is 23.9. The van der Waals surface area contributed by atoms with Gasteiger partial charge in [-0.2, -0.15) is 4.31 Å². The van der Waals surface area contributed by atoms with Crippen molar-refractivity contribution in [2.45, 2.75) is 51.5 Å². The van der Waals surface area contributed by atoms with Crippen LogP contribution in [-0.2, 0) is 14.8 Å². The predicted octanol–water partition coefficient (Wildman–Crippen LogP) is 4.45. The lowest BCUT2D eigenvalue weighted by Gasteiger charge is -2.30. The summed E-state index contributed by atoms with van der Waals surface area (Å²) in [7, 11) is -2.20. The van der Waals surface area contributed by atoms with Gasteiger partial charge in [-0.05, 0) is 63.5 Å². The van der Waals surface area contributed by atoms with Crippen molar-refractivity contribution in [3.8, 4) is 5.75 Å². The highest BCUT2D eigenvalue weighted by Crippen LogP contribution is 2.37. The maximum Gasteiger partial charge on any atom is 0.247 e. The number of ether oxygens (including phenoxy) is 1. The highest BCUT2D eigenvalue weighted by molar-refractivity contribution is 7.89. The van der Waals surface area contributed by atoms with Gasteiger partial charge in [-0.1, -0.05) is 48.9 Å². The normalized spacial score (nSPS) is 16.5. The molecule has 0 saturated carbocycles. The Balaban J connectivity index is 1.72. The van der Waals surface area contributed by atoms with Crippen molar-refractivity contribution in [2.24, 2.45) is 0 Å². The van der Waals surface area contributed by atoms with Gasteiger partial charge in [0.05, 0.1) is 16.7 Å². The molecule has 0 bridgehead atoms. The fourth-order valence-electron chi connectivity index (χ4n) is 4.76. The van der Waals surface area contributed by atoms with Crippen molar-refractivity contribution in [1.29, 1.82) is 0 Å². The van der Waals surface area contributed by atoms with E-state index in [0.29, 0.717) is 43.4 Å². The topological polar surface area (TPSA) is 83.0 Å². The van der Waals surface area contributed by atoms with Crippen LogP contribution < -0.4 is 9.64 Å². The minimum Gasteiger partial charge on any atom is -0.494 e. The third-order valence-corrected chi connectivity index (χ3v) is 10.2. The molecular formula is C27H36N4O4S2. The minimum atomic E-state index is -3.81. The molecule has 10 heteroatoms. The number of carbonyl (C=O) groups excluding carboxylic acids is 1. The van der Waals surface area contributed by atoms with Gasteiger partial charge in [0.1, 0.15) is 17.3 Å². The Morgan fingerprint density at radius 1 is 1.11 bits per heavy atom. The molecule has 1 aliphatic rings. The molecule has 0 N–H and O–H groups in total. The number of hydrogen-bond donors (Lipinski definition) is 0. The molecule has 1 amide bonds. The first-order valence-corrected chi connectivity index (χ1v) is 15.0. The standard InChI is InChI=1S/C27H36N4O4S2/c1-6-29(7-2)17-18-30(27-28-24-23(35-5)15-12-20(4)25(24)36-27)26(32)22-9-8-16-31(22)37(33,34)21-13-10-19(3)11-14-21/h10-15,22H,6-9,16-18H2,1-5H3. The molecule has 0 radical (unpaired) electrons. The number of amides is 1.